The number of nitrogens with one attached hydrogen (secondary N) is 2. The Morgan fingerprint density at radius 1 is 1.05 bits per heavy atom. The smallest absolute Gasteiger partial charge is 0.196 e. The number of aryl methyl sites for hydroxylation is 2. The number of H-pyrrole nitrogens is 2. The second-order valence-corrected chi connectivity index (χ2v) is 7.40. The van der Waals surface area contributed by atoms with Crippen LogP contribution >= 0.6 is 45.8 Å². The first-order chi connectivity index (χ1) is 8.64. The lowest BCUT2D eigenvalue weighted by Gasteiger charge is -1.89. The van der Waals surface area contributed by atoms with Gasteiger partial charge in [-0.25, -0.2) is 8.42 Å². The normalized spacial score (nSPS) is 11.1. The summed E-state index contributed by atoms with van der Waals surface area (Å²) in [7, 11) is -3.29. The van der Waals surface area contributed by atoms with Gasteiger partial charge >= 0.3 is 0 Å². The lowest BCUT2D eigenvalue weighted by atomic mass is 10.5. The molecule has 0 unspecified atom stereocenters. The van der Waals surface area contributed by atoms with Crippen molar-refractivity contribution in [3.8, 4) is 0 Å². The highest BCUT2D eigenvalue weighted by Crippen LogP contribution is 2.21. The van der Waals surface area contributed by atoms with Gasteiger partial charge in [-0.1, -0.05) is 23.2 Å². The van der Waals surface area contributed by atoms with Crippen molar-refractivity contribution in [2.75, 3.05) is 6.26 Å². The zero-order chi connectivity index (χ0) is 14.8. The SMILES string of the molecule is Cc1[nH]nc(I)c1Cl.Cc1[nH]nc(S(C)(=O)=O)c1Cl. The van der Waals surface area contributed by atoms with Crippen LogP contribution in [0.15, 0.2) is 5.03 Å². The molecule has 0 saturated heterocycles. The van der Waals surface area contributed by atoms with E-state index in [2.05, 4.69) is 43.0 Å². The molecular weight excluding hydrogens is 426 g/mol. The van der Waals surface area contributed by atoms with Gasteiger partial charge in [-0.05, 0) is 36.4 Å². The molecule has 19 heavy (non-hydrogen) atoms. The summed E-state index contributed by atoms with van der Waals surface area (Å²) in [6.07, 6.45) is 1.06. The molecule has 0 radical (unpaired) electrons. The summed E-state index contributed by atoms with van der Waals surface area (Å²) in [5.74, 6) is 0. The molecule has 0 bridgehead atoms. The predicted octanol–water partition coefficient (Wildman–Crippen LogP) is 2.75. The molecule has 0 aliphatic rings. The number of sulfone groups is 1. The minimum atomic E-state index is -3.29. The number of hydrogen-bond acceptors (Lipinski definition) is 4. The number of hydrogen-bond donors (Lipinski definition) is 2. The fraction of sp³-hybridized carbons (Fsp3) is 0.333. The van der Waals surface area contributed by atoms with Crippen LogP contribution in [-0.2, 0) is 9.84 Å². The molecule has 6 nitrogen and oxygen atoms in total. The summed E-state index contributed by atoms with van der Waals surface area (Å²) in [5, 5.41) is 13.4. The molecule has 0 saturated carbocycles. The number of nitrogens with zero attached hydrogens (tertiary/aromatic N) is 2. The van der Waals surface area contributed by atoms with Crippen LogP contribution in [0.3, 0.4) is 0 Å². The topological polar surface area (TPSA) is 91.5 Å². The van der Waals surface area contributed by atoms with Crippen LogP contribution < -0.4 is 0 Å². The first-order valence-corrected chi connectivity index (χ1v) is 8.63. The molecule has 0 fully saturated rings. The van der Waals surface area contributed by atoms with Gasteiger partial charge in [0.25, 0.3) is 0 Å². The van der Waals surface area contributed by atoms with Crippen LogP contribution in [0, 0.1) is 17.5 Å². The molecule has 106 valence electrons. The molecule has 10 heteroatoms. The second kappa shape index (κ2) is 6.42. The van der Waals surface area contributed by atoms with Crippen LogP contribution in [0.1, 0.15) is 11.4 Å². The molecule has 2 N–H and O–H groups in total. The highest BCUT2D eigenvalue weighted by molar-refractivity contribution is 14.1. The number of rotatable bonds is 1. The zero-order valence-electron chi connectivity index (χ0n) is 10.3. The Balaban J connectivity index is 0.000000200. The second-order valence-electron chi connectivity index (χ2n) is 3.69. The first kappa shape index (κ1) is 16.7. The van der Waals surface area contributed by atoms with Crippen molar-refractivity contribution in [1.82, 2.24) is 20.4 Å². The average Bonchev–Trinajstić information content (AvgIpc) is 2.78. The summed E-state index contributed by atoms with van der Waals surface area (Å²) < 4.78 is 22.6. The van der Waals surface area contributed by atoms with E-state index in [4.69, 9.17) is 23.2 Å². The van der Waals surface area contributed by atoms with Gasteiger partial charge in [0.15, 0.2) is 14.9 Å². The summed E-state index contributed by atoms with van der Waals surface area (Å²) in [6, 6.07) is 0. The summed E-state index contributed by atoms with van der Waals surface area (Å²) in [5.41, 5.74) is 1.49. The lowest BCUT2D eigenvalue weighted by molar-refractivity contribution is 0.598. The maximum atomic E-state index is 10.9. The third kappa shape index (κ3) is 4.33. The zero-order valence-corrected chi connectivity index (χ0v) is 14.7. The predicted molar refractivity (Wildman–Crippen MR) is 82.5 cm³/mol. The maximum Gasteiger partial charge on any atom is 0.196 e. The third-order valence-electron chi connectivity index (χ3n) is 2.03. The van der Waals surface area contributed by atoms with Gasteiger partial charge in [0.2, 0.25) is 0 Å². The van der Waals surface area contributed by atoms with Gasteiger partial charge in [0.05, 0.1) is 16.4 Å². The van der Waals surface area contributed by atoms with Gasteiger partial charge in [0.1, 0.15) is 8.72 Å². The highest BCUT2D eigenvalue weighted by Gasteiger charge is 2.17. The van der Waals surface area contributed by atoms with Crippen molar-refractivity contribution >= 4 is 55.6 Å². The Morgan fingerprint density at radius 3 is 1.68 bits per heavy atom. The molecule has 2 rings (SSSR count). The van der Waals surface area contributed by atoms with Crippen LogP contribution in [0.25, 0.3) is 0 Å². The molecule has 2 aromatic rings. The Morgan fingerprint density at radius 2 is 1.53 bits per heavy atom. The lowest BCUT2D eigenvalue weighted by Crippen LogP contribution is -1.97. The van der Waals surface area contributed by atoms with E-state index in [9.17, 15) is 8.42 Å². The minimum absolute atomic E-state index is 0.0864. The van der Waals surface area contributed by atoms with Crippen molar-refractivity contribution < 1.29 is 8.42 Å². The fourth-order valence-electron chi connectivity index (χ4n) is 1.02. The quantitative estimate of drug-likeness (QED) is 0.672. The van der Waals surface area contributed by atoms with E-state index in [-0.39, 0.29) is 10.0 Å². The third-order valence-corrected chi connectivity index (χ3v) is 5.16. The molecule has 0 amide bonds. The van der Waals surface area contributed by atoms with Crippen LogP contribution in [0.2, 0.25) is 10.0 Å². The molecule has 0 aliphatic carbocycles. The fourth-order valence-corrected chi connectivity index (χ4v) is 2.83. The van der Waals surface area contributed by atoms with Crippen LogP contribution in [0.4, 0.5) is 0 Å². The van der Waals surface area contributed by atoms with Gasteiger partial charge in [-0.15, -0.1) is 0 Å². The van der Waals surface area contributed by atoms with Crippen molar-refractivity contribution in [2.45, 2.75) is 18.9 Å². The van der Waals surface area contributed by atoms with Gasteiger partial charge in [-0.2, -0.15) is 10.2 Å². The maximum absolute atomic E-state index is 10.9. The van der Waals surface area contributed by atoms with Crippen molar-refractivity contribution in [3.05, 3.63) is 25.1 Å². The average molecular weight is 437 g/mol. The molecular formula is C9H11Cl2IN4O2S. The molecule has 0 aromatic carbocycles. The monoisotopic (exact) mass is 436 g/mol. The summed E-state index contributed by atoms with van der Waals surface area (Å²) in [4.78, 5) is 0. The Labute approximate surface area is 134 Å². The summed E-state index contributed by atoms with van der Waals surface area (Å²) in [6.45, 7) is 3.54. The van der Waals surface area contributed by atoms with E-state index in [1.807, 2.05) is 6.92 Å². The number of halogens is 3. The molecule has 0 spiro atoms. The number of aromatic amines is 2. The molecule has 0 aliphatic heterocycles. The Hall–Kier alpha value is -0.320. The molecule has 2 aromatic heterocycles. The van der Waals surface area contributed by atoms with Crippen LogP contribution in [-0.4, -0.2) is 35.1 Å². The van der Waals surface area contributed by atoms with Crippen LogP contribution in [0.5, 0.6) is 0 Å². The largest absolute Gasteiger partial charge is 0.280 e. The van der Waals surface area contributed by atoms with Crippen molar-refractivity contribution in [1.29, 1.82) is 0 Å². The highest BCUT2D eigenvalue weighted by atomic mass is 127. The Kier molecular flexibility index (Phi) is 5.65. The number of aromatic nitrogens is 4. The minimum Gasteiger partial charge on any atom is -0.280 e. The van der Waals surface area contributed by atoms with Gasteiger partial charge in [-0.3, -0.25) is 10.2 Å². The van der Waals surface area contributed by atoms with Gasteiger partial charge in [0, 0.05) is 6.26 Å². The van der Waals surface area contributed by atoms with E-state index >= 15 is 0 Å². The van der Waals surface area contributed by atoms with Crippen molar-refractivity contribution in [2.24, 2.45) is 0 Å². The van der Waals surface area contributed by atoms with E-state index < -0.39 is 9.84 Å². The summed E-state index contributed by atoms with van der Waals surface area (Å²) >= 11 is 13.4. The van der Waals surface area contributed by atoms with Gasteiger partial charge < -0.3 is 0 Å². The Bertz CT molecular complexity index is 661. The van der Waals surface area contributed by atoms with E-state index in [1.165, 1.54) is 0 Å². The van der Waals surface area contributed by atoms with E-state index in [1.54, 1.807) is 6.92 Å². The first-order valence-electron chi connectivity index (χ1n) is 4.91. The van der Waals surface area contributed by atoms with E-state index in [0.29, 0.717) is 5.69 Å². The standard InChI is InChI=1S/C5H7ClN2O2S.C4H4ClIN2/c1-3-4(6)5(8-7-3)11(2,9)10;1-2-3(5)4(6)8-7-2/h1-2H3,(H,7,8);1H3,(H,7,8). The molecule has 2 heterocycles. The molecule has 0 atom stereocenters. The van der Waals surface area contributed by atoms with Crippen molar-refractivity contribution in [3.63, 3.8) is 0 Å². The van der Waals surface area contributed by atoms with E-state index in [0.717, 1.165) is 20.7 Å².